The average Bonchev–Trinajstić information content (AvgIpc) is 2.49. The Morgan fingerprint density at radius 1 is 1.77 bits per heavy atom. The van der Waals surface area contributed by atoms with Crippen molar-refractivity contribution in [2.24, 2.45) is 10.8 Å². The molecule has 2 aliphatic heterocycles. The fourth-order valence-electron chi connectivity index (χ4n) is 1.17. The molecular weight excluding hydrogens is 236 g/mol. The van der Waals surface area contributed by atoms with Crippen molar-refractivity contribution < 1.29 is 4.79 Å². The van der Waals surface area contributed by atoms with Crippen LogP contribution in [0.5, 0.6) is 0 Å². The van der Waals surface area contributed by atoms with Crippen LogP contribution in [-0.4, -0.2) is 28.4 Å². The molecule has 13 heavy (non-hydrogen) atoms. The largest absolute Gasteiger partial charge is 0.351 e. The molecule has 6 heteroatoms. The number of urea groups is 1. The standard InChI is InChI=1S/C7H6BrN4O/c8-5-2-1-3-12-6(5)11(4-10-12)7(9)13/h1-3,6H,(H2,9,13). The number of hydrogen-bond acceptors (Lipinski definition) is 3. The molecule has 2 N–H and O–H groups in total. The molecule has 1 unspecified atom stereocenters. The summed E-state index contributed by atoms with van der Waals surface area (Å²) in [5, 5.41) is 5.45. The summed E-state index contributed by atoms with van der Waals surface area (Å²) in [5.41, 5.74) is 5.13. The Hall–Kier alpha value is -1.30. The summed E-state index contributed by atoms with van der Waals surface area (Å²) in [6, 6.07) is -0.572. The summed E-state index contributed by atoms with van der Waals surface area (Å²) in [6.45, 7) is 0. The van der Waals surface area contributed by atoms with Gasteiger partial charge in [0.1, 0.15) is 0 Å². The van der Waals surface area contributed by atoms with Crippen LogP contribution in [-0.2, 0) is 0 Å². The van der Waals surface area contributed by atoms with Gasteiger partial charge in [-0.25, -0.2) is 14.7 Å². The first-order chi connectivity index (χ1) is 6.20. The van der Waals surface area contributed by atoms with E-state index in [1.54, 1.807) is 11.2 Å². The zero-order chi connectivity index (χ0) is 9.42. The number of nitrogens with two attached hydrogens (primary N) is 1. The Bertz CT molecular complexity index is 335. The molecule has 0 saturated heterocycles. The fraction of sp³-hybridized carbons (Fsp3) is 0.143. The van der Waals surface area contributed by atoms with Gasteiger partial charge >= 0.3 is 6.03 Å². The van der Waals surface area contributed by atoms with Crippen LogP contribution in [0.3, 0.4) is 0 Å². The van der Waals surface area contributed by atoms with Gasteiger partial charge in [0.05, 0.1) is 0 Å². The zero-order valence-electron chi connectivity index (χ0n) is 6.51. The molecule has 2 rings (SSSR count). The molecule has 0 aromatic carbocycles. The first-order valence-corrected chi connectivity index (χ1v) is 4.36. The van der Waals surface area contributed by atoms with Gasteiger partial charge in [-0.1, -0.05) is 15.9 Å². The second kappa shape index (κ2) is 2.88. The minimum absolute atomic E-state index is 0.303. The second-order valence-electron chi connectivity index (χ2n) is 2.55. The van der Waals surface area contributed by atoms with E-state index >= 15 is 0 Å². The zero-order valence-corrected chi connectivity index (χ0v) is 8.10. The van der Waals surface area contributed by atoms with Gasteiger partial charge in [0.15, 0.2) is 6.17 Å². The van der Waals surface area contributed by atoms with E-state index in [1.807, 2.05) is 12.2 Å². The average molecular weight is 242 g/mol. The number of allylic oxidation sites excluding steroid dienone is 2. The number of hydrazone groups is 1. The molecule has 1 radical (unpaired) electrons. The van der Waals surface area contributed by atoms with Crippen molar-refractivity contribution in [2.75, 3.05) is 0 Å². The van der Waals surface area contributed by atoms with Crippen LogP contribution in [0, 0.1) is 0 Å². The molecule has 2 heterocycles. The highest BCUT2D eigenvalue weighted by Crippen LogP contribution is 2.27. The molecule has 2 amide bonds. The molecule has 1 atom stereocenters. The molecule has 0 fully saturated rings. The number of carbonyl (C=O) groups excluding carboxylic acids is 1. The van der Waals surface area contributed by atoms with E-state index in [4.69, 9.17) is 5.73 Å². The van der Waals surface area contributed by atoms with Crippen LogP contribution >= 0.6 is 15.9 Å². The van der Waals surface area contributed by atoms with E-state index < -0.39 is 6.03 Å². The maximum Gasteiger partial charge on any atom is 0.322 e. The molecule has 0 saturated carbocycles. The van der Waals surface area contributed by atoms with E-state index in [0.29, 0.717) is 0 Å². The highest BCUT2D eigenvalue weighted by molar-refractivity contribution is 9.11. The summed E-state index contributed by atoms with van der Waals surface area (Å²) < 4.78 is 0.822. The van der Waals surface area contributed by atoms with Crippen LogP contribution in [0.2, 0.25) is 0 Å². The first kappa shape index (κ1) is 8.31. The van der Waals surface area contributed by atoms with E-state index in [1.165, 1.54) is 4.90 Å². The maximum absolute atomic E-state index is 10.9. The summed E-state index contributed by atoms with van der Waals surface area (Å²) in [5.74, 6) is 0. The van der Waals surface area contributed by atoms with Crippen molar-refractivity contribution in [1.82, 2.24) is 9.91 Å². The Kier molecular flexibility index (Phi) is 1.84. The SMILES string of the molecule is NC(=O)N1[C]=NN2C=CC=C(Br)C21. The van der Waals surface area contributed by atoms with Crippen LogP contribution in [0.1, 0.15) is 0 Å². The van der Waals surface area contributed by atoms with Gasteiger partial charge in [0.25, 0.3) is 0 Å². The van der Waals surface area contributed by atoms with Crippen LogP contribution in [0.15, 0.2) is 27.9 Å². The number of rotatable bonds is 0. The van der Waals surface area contributed by atoms with Gasteiger partial charge in [0, 0.05) is 10.7 Å². The minimum atomic E-state index is -0.572. The summed E-state index contributed by atoms with van der Waals surface area (Å²) in [6.07, 6.45) is 7.60. The fourth-order valence-corrected chi connectivity index (χ4v) is 1.74. The number of nitrogens with zero attached hydrogens (tertiary/aromatic N) is 3. The third kappa shape index (κ3) is 1.23. The number of fused-ring (bicyclic) bond motifs is 1. The lowest BCUT2D eigenvalue weighted by Crippen LogP contribution is -2.44. The molecular formula is C7H6BrN4O. The topological polar surface area (TPSA) is 61.9 Å². The van der Waals surface area contributed by atoms with Gasteiger partial charge < -0.3 is 5.73 Å². The molecule has 2 aliphatic rings. The number of carbonyl (C=O) groups is 1. The van der Waals surface area contributed by atoms with Crippen LogP contribution in [0.25, 0.3) is 0 Å². The molecule has 0 aromatic heterocycles. The summed E-state index contributed by atoms with van der Waals surface area (Å²) in [4.78, 5) is 12.2. The molecule has 0 spiro atoms. The van der Waals surface area contributed by atoms with Gasteiger partial charge in [-0.05, 0) is 12.2 Å². The van der Waals surface area contributed by atoms with E-state index in [-0.39, 0.29) is 6.17 Å². The number of halogens is 1. The Morgan fingerprint density at radius 2 is 2.54 bits per heavy atom. The Morgan fingerprint density at radius 3 is 3.23 bits per heavy atom. The molecule has 67 valence electrons. The number of hydrogen-bond donors (Lipinski definition) is 1. The lowest BCUT2D eigenvalue weighted by Gasteiger charge is -2.27. The minimum Gasteiger partial charge on any atom is -0.351 e. The molecule has 0 bridgehead atoms. The van der Waals surface area contributed by atoms with E-state index in [9.17, 15) is 4.79 Å². The quantitative estimate of drug-likeness (QED) is 0.677. The third-order valence-corrected chi connectivity index (χ3v) is 2.42. The number of primary amides is 1. The van der Waals surface area contributed by atoms with Crippen molar-refractivity contribution in [3.63, 3.8) is 0 Å². The summed E-state index contributed by atoms with van der Waals surface area (Å²) >= 11 is 3.32. The lowest BCUT2D eigenvalue weighted by molar-refractivity contribution is 0.199. The van der Waals surface area contributed by atoms with Crippen molar-refractivity contribution in [1.29, 1.82) is 0 Å². The maximum atomic E-state index is 10.9. The predicted octanol–water partition coefficient (Wildman–Crippen LogP) is 0.635. The van der Waals surface area contributed by atoms with Gasteiger partial charge in [-0.2, -0.15) is 0 Å². The molecule has 5 nitrogen and oxygen atoms in total. The van der Waals surface area contributed by atoms with Crippen molar-refractivity contribution in [3.05, 3.63) is 22.8 Å². The Labute approximate surface area is 83.3 Å². The first-order valence-electron chi connectivity index (χ1n) is 3.57. The molecule has 0 aromatic rings. The molecule has 0 aliphatic carbocycles. The van der Waals surface area contributed by atoms with Crippen molar-refractivity contribution >= 4 is 28.3 Å². The monoisotopic (exact) mass is 241 g/mol. The lowest BCUT2D eigenvalue weighted by atomic mass is 10.3. The van der Waals surface area contributed by atoms with Crippen molar-refractivity contribution in [3.8, 4) is 0 Å². The number of amides is 2. The Balaban J connectivity index is 2.30. The van der Waals surface area contributed by atoms with E-state index in [2.05, 4.69) is 27.4 Å². The van der Waals surface area contributed by atoms with Crippen molar-refractivity contribution in [2.45, 2.75) is 6.17 Å². The summed E-state index contributed by atoms with van der Waals surface area (Å²) in [7, 11) is 0. The smallest absolute Gasteiger partial charge is 0.322 e. The highest BCUT2D eigenvalue weighted by Gasteiger charge is 2.34. The highest BCUT2D eigenvalue weighted by atomic mass is 79.9. The van der Waals surface area contributed by atoms with Crippen LogP contribution < -0.4 is 5.73 Å². The van der Waals surface area contributed by atoms with Gasteiger partial charge in [-0.15, -0.1) is 5.10 Å². The van der Waals surface area contributed by atoms with Gasteiger partial charge in [0.2, 0.25) is 6.34 Å². The van der Waals surface area contributed by atoms with E-state index in [0.717, 1.165) is 4.48 Å². The van der Waals surface area contributed by atoms with Crippen LogP contribution in [0.4, 0.5) is 4.79 Å². The van der Waals surface area contributed by atoms with Gasteiger partial charge in [-0.3, -0.25) is 0 Å². The predicted molar refractivity (Wildman–Crippen MR) is 50.6 cm³/mol. The second-order valence-corrected chi connectivity index (χ2v) is 3.47. The normalized spacial score (nSPS) is 24.7. The third-order valence-electron chi connectivity index (χ3n) is 1.74.